The summed E-state index contributed by atoms with van der Waals surface area (Å²) in [6.07, 6.45) is 4.04. The van der Waals surface area contributed by atoms with E-state index in [2.05, 4.69) is 25.3 Å². The molecule has 0 saturated heterocycles. The third-order valence-corrected chi connectivity index (χ3v) is 4.44. The fraction of sp³-hybridized carbons (Fsp3) is 0.105. The van der Waals surface area contributed by atoms with E-state index in [1.165, 1.54) is 0 Å². The van der Waals surface area contributed by atoms with Crippen LogP contribution in [0.3, 0.4) is 0 Å². The third kappa shape index (κ3) is 3.55. The third-order valence-electron chi connectivity index (χ3n) is 4.20. The largest absolute Gasteiger partial charge is 0.387 e. The highest BCUT2D eigenvalue weighted by atomic mass is 35.5. The first kappa shape index (κ1) is 17.3. The van der Waals surface area contributed by atoms with Crippen LogP contribution < -0.4 is 10.9 Å². The molecule has 0 fully saturated rings. The van der Waals surface area contributed by atoms with Crippen LogP contribution in [0.4, 0.5) is 5.69 Å². The second-order valence-electron chi connectivity index (χ2n) is 6.03. The predicted octanol–water partition coefficient (Wildman–Crippen LogP) is 3.11. The molecule has 3 aromatic heterocycles. The molecule has 136 valence electrons. The first-order valence-corrected chi connectivity index (χ1v) is 8.69. The fourth-order valence-corrected chi connectivity index (χ4v) is 3.07. The molecular formula is C19H16ClN5O2. The Labute approximate surface area is 159 Å². The van der Waals surface area contributed by atoms with Crippen LogP contribution in [0.2, 0.25) is 5.02 Å². The Bertz CT molecular complexity index is 1120. The maximum Gasteiger partial charge on any atom is 0.261 e. The van der Waals surface area contributed by atoms with Gasteiger partial charge in [0.25, 0.3) is 5.56 Å². The molecule has 1 aromatic carbocycles. The van der Waals surface area contributed by atoms with Gasteiger partial charge in [-0.05, 0) is 29.8 Å². The molecule has 3 heterocycles. The van der Waals surface area contributed by atoms with Crippen molar-refractivity contribution in [2.24, 2.45) is 0 Å². The van der Waals surface area contributed by atoms with Gasteiger partial charge in [0.1, 0.15) is 16.9 Å². The lowest BCUT2D eigenvalue weighted by Crippen LogP contribution is -2.17. The highest BCUT2D eigenvalue weighted by Gasteiger charge is 2.15. The number of rotatable bonds is 5. The van der Waals surface area contributed by atoms with Crippen molar-refractivity contribution in [3.63, 3.8) is 0 Å². The number of nitrogens with one attached hydrogen (secondary N) is 3. The van der Waals surface area contributed by atoms with Crippen molar-refractivity contribution in [1.29, 1.82) is 0 Å². The maximum absolute atomic E-state index is 12.4. The van der Waals surface area contributed by atoms with Crippen LogP contribution in [0.25, 0.3) is 22.4 Å². The van der Waals surface area contributed by atoms with Crippen LogP contribution >= 0.6 is 11.6 Å². The van der Waals surface area contributed by atoms with Crippen LogP contribution in [-0.4, -0.2) is 31.6 Å². The molecule has 4 rings (SSSR count). The van der Waals surface area contributed by atoms with E-state index in [0.717, 1.165) is 5.52 Å². The molecule has 0 amide bonds. The minimum atomic E-state index is -0.782. The number of anilines is 1. The molecule has 0 aliphatic heterocycles. The van der Waals surface area contributed by atoms with Crippen LogP contribution in [0, 0.1) is 0 Å². The number of pyridine rings is 2. The number of hydrogen-bond acceptors (Lipinski definition) is 5. The molecule has 8 heteroatoms. The molecule has 27 heavy (non-hydrogen) atoms. The lowest BCUT2D eigenvalue weighted by molar-refractivity contribution is 0.191. The SMILES string of the molecule is O=c1[nH]ccc(NCC(O)c2cccc(Cl)c2)c1-c1nc2cnccc2[nH]1. The van der Waals surface area contributed by atoms with Crippen molar-refractivity contribution < 1.29 is 5.11 Å². The van der Waals surface area contributed by atoms with Crippen molar-refractivity contribution in [2.45, 2.75) is 6.10 Å². The molecule has 4 N–H and O–H groups in total. The maximum atomic E-state index is 12.4. The van der Waals surface area contributed by atoms with Crippen LogP contribution in [-0.2, 0) is 0 Å². The molecule has 1 atom stereocenters. The topological polar surface area (TPSA) is 107 Å². The number of H-pyrrole nitrogens is 2. The molecular weight excluding hydrogens is 366 g/mol. The Hall–Kier alpha value is -3.16. The Morgan fingerprint density at radius 1 is 1.26 bits per heavy atom. The van der Waals surface area contributed by atoms with Crippen molar-refractivity contribution in [1.82, 2.24) is 19.9 Å². The monoisotopic (exact) mass is 381 g/mol. The Morgan fingerprint density at radius 2 is 2.15 bits per heavy atom. The quantitative estimate of drug-likeness (QED) is 0.425. The molecule has 0 spiro atoms. The van der Waals surface area contributed by atoms with Gasteiger partial charge in [-0.2, -0.15) is 0 Å². The summed E-state index contributed by atoms with van der Waals surface area (Å²) in [5.74, 6) is 0.430. The number of benzene rings is 1. The number of hydrogen-bond donors (Lipinski definition) is 4. The Kier molecular flexibility index (Phi) is 4.62. The fourth-order valence-electron chi connectivity index (χ4n) is 2.87. The lowest BCUT2D eigenvalue weighted by atomic mass is 10.1. The zero-order valence-corrected chi connectivity index (χ0v) is 14.9. The van der Waals surface area contributed by atoms with Gasteiger partial charge in [-0.3, -0.25) is 9.78 Å². The number of aliphatic hydroxyl groups excluding tert-OH is 1. The highest BCUT2D eigenvalue weighted by molar-refractivity contribution is 6.30. The number of aliphatic hydroxyl groups is 1. The average molecular weight is 382 g/mol. The molecule has 0 aliphatic carbocycles. The zero-order chi connectivity index (χ0) is 18.8. The van der Waals surface area contributed by atoms with E-state index in [0.29, 0.717) is 33.2 Å². The number of aromatic nitrogens is 4. The summed E-state index contributed by atoms with van der Waals surface area (Å²) >= 11 is 5.98. The Balaban J connectivity index is 1.64. The van der Waals surface area contributed by atoms with Crippen molar-refractivity contribution in [3.05, 3.63) is 75.9 Å². The molecule has 7 nitrogen and oxygen atoms in total. The van der Waals surface area contributed by atoms with E-state index < -0.39 is 6.10 Å². The minimum absolute atomic E-state index is 0.207. The molecule has 0 radical (unpaired) electrons. The van der Waals surface area contributed by atoms with Crippen LogP contribution in [0.5, 0.6) is 0 Å². The van der Waals surface area contributed by atoms with Gasteiger partial charge < -0.3 is 20.4 Å². The molecule has 0 saturated carbocycles. The number of fused-ring (bicyclic) bond motifs is 1. The van der Waals surface area contributed by atoms with E-state index in [4.69, 9.17) is 11.6 Å². The summed E-state index contributed by atoms with van der Waals surface area (Å²) in [6.45, 7) is 0.207. The Morgan fingerprint density at radius 3 is 2.96 bits per heavy atom. The van der Waals surface area contributed by atoms with Gasteiger partial charge in [0.05, 0.1) is 23.5 Å². The summed E-state index contributed by atoms with van der Waals surface area (Å²) in [5, 5.41) is 14.1. The lowest BCUT2D eigenvalue weighted by Gasteiger charge is -2.15. The normalized spacial score (nSPS) is 12.2. The van der Waals surface area contributed by atoms with Gasteiger partial charge in [0.15, 0.2) is 0 Å². The van der Waals surface area contributed by atoms with Crippen LogP contribution in [0.15, 0.2) is 59.8 Å². The smallest absolute Gasteiger partial charge is 0.261 e. The molecule has 0 aliphatic rings. The predicted molar refractivity (Wildman–Crippen MR) is 105 cm³/mol. The number of halogens is 1. The van der Waals surface area contributed by atoms with Gasteiger partial charge in [0, 0.05) is 24.0 Å². The summed E-state index contributed by atoms with van der Waals surface area (Å²) < 4.78 is 0. The first-order valence-electron chi connectivity index (χ1n) is 8.31. The van der Waals surface area contributed by atoms with E-state index in [1.54, 1.807) is 55.0 Å². The van der Waals surface area contributed by atoms with E-state index in [1.807, 2.05) is 0 Å². The summed E-state index contributed by atoms with van der Waals surface area (Å²) in [5.41, 5.74) is 2.79. The summed E-state index contributed by atoms with van der Waals surface area (Å²) in [6, 6.07) is 10.5. The summed E-state index contributed by atoms with van der Waals surface area (Å²) in [7, 11) is 0. The highest BCUT2D eigenvalue weighted by Crippen LogP contribution is 2.25. The van der Waals surface area contributed by atoms with E-state index >= 15 is 0 Å². The van der Waals surface area contributed by atoms with Gasteiger partial charge in [-0.15, -0.1) is 0 Å². The van der Waals surface area contributed by atoms with Gasteiger partial charge >= 0.3 is 0 Å². The van der Waals surface area contributed by atoms with E-state index in [-0.39, 0.29) is 12.1 Å². The standard InChI is InChI=1S/C19H16ClN5O2/c20-12-3-1-2-11(8-12)16(26)10-23-14-5-7-22-19(27)17(14)18-24-13-4-6-21-9-15(13)25-18/h1-9,16,26H,10H2,(H,24,25)(H2,22,23,27). The van der Waals surface area contributed by atoms with Crippen molar-refractivity contribution in [3.8, 4) is 11.4 Å². The van der Waals surface area contributed by atoms with E-state index in [9.17, 15) is 9.90 Å². The number of nitrogens with zero attached hydrogens (tertiary/aromatic N) is 2. The second kappa shape index (κ2) is 7.22. The van der Waals surface area contributed by atoms with Gasteiger partial charge in [-0.1, -0.05) is 23.7 Å². The van der Waals surface area contributed by atoms with Gasteiger partial charge in [0.2, 0.25) is 0 Å². The number of imidazole rings is 1. The molecule has 4 aromatic rings. The van der Waals surface area contributed by atoms with Crippen molar-refractivity contribution in [2.75, 3.05) is 11.9 Å². The summed E-state index contributed by atoms with van der Waals surface area (Å²) in [4.78, 5) is 26.7. The minimum Gasteiger partial charge on any atom is -0.387 e. The molecule has 0 bridgehead atoms. The zero-order valence-electron chi connectivity index (χ0n) is 14.1. The molecule has 1 unspecified atom stereocenters. The van der Waals surface area contributed by atoms with Crippen molar-refractivity contribution >= 4 is 28.3 Å². The number of aromatic amines is 2. The second-order valence-corrected chi connectivity index (χ2v) is 6.46. The average Bonchev–Trinajstić information content (AvgIpc) is 3.09. The van der Waals surface area contributed by atoms with Crippen LogP contribution in [0.1, 0.15) is 11.7 Å². The first-order chi connectivity index (χ1) is 13.1. The van der Waals surface area contributed by atoms with Gasteiger partial charge in [-0.25, -0.2) is 4.98 Å².